The summed E-state index contributed by atoms with van der Waals surface area (Å²) >= 11 is 0. The highest BCUT2D eigenvalue weighted by Crippen LogP contribution is 2.18. The predicted octanol–water partition coefficient (Wildman–Crippen LogP) is 1.34. The number of aliphatic hydroxyl groups excluding tert-OH is 1. The number of amides is 1. The SMILES string of the molecule is COc1cccc(NC(=O)CN2CCCC(CO)C2)c1. The van der Waals surface area contributed by atoms with Gasteiger partial charge in [-0.3, -0.25) is 9.69 Å². The third kappa shape index (κ3) is 4.21. The fraction of sp³-hybridized carbons (Fsp3) is 0.533. The number of ether oxygens (including phenoxy) is 1. The highest BCUT2D eigenvalue weighted by Gasteiger charge is 2.20. The number of benzene rings is 1. The van der Waals surface area contributed by atoms with Crippen molar-refractivity contribution in [3.8, 4) is 5.75 Å². The number of aliphatic hydroxyl groups is 1. The number of nitrogens with one attached hydrogen (secondary N) is 1. The van der Waals surface area contributed by atoms with E-state index in [-0.39, 0.29) is 12.5 Å². The summed E-state index contributed by atoms with van der Waals surface area (Å²) in [7, 11) is 1.60. The monoisotopic (exact) mass is 278 g/mol. The smallest absolute Gasteiger partial charge is 0.238 e. The van der Waals surface area contributed by atoms with Gasteiger partial charge in [0.2, 0.25) is 5.91 Å². The highest BCUT2D eigenvalue weighted by molar-refractivity contribution is 5.92. The van der Waals surface area contributed by atoms with E-state index in [4.69, 9.17) is 4.74 Å². The molecule has 0 radical (unpaired) electrons. The number of piperidine rings is 1. The van der Waals surface area contributed by atoms with Crippen molar-refractivity contribution in [1.29, 1.82) is 0 Å². The maximum atomic E-state index is 12.0. The number of nitrogens with zero attached hydrogens (tertiary/aromatic N) is 1. The summed E-state index contributed by atoms with van der Waals surface area (Å²) in [6.07, 6.45) is 2.09. The van der Waals surface area contributed by atoms with Gasteiger partial charge in [-0.2, -0.15) is 0 Å². The molecule has 1 aromatic rings. The average Bonchev–Trinajstić information content (AvgIpc) is 2.47. The molecule has 1 aliphatic heterocycles. The van der Waals surface area contributed by atoms with Crippen molar-refractivity contribution in [1.82, 2.24) is 4.90 Å². The first-order chi connectivity index (χ1) is 9.71. The summed E-state index contributed by atoms with van der Waals surface area (Å²) in [6.45, 7) is 2.28. The quantitative estimate of drug-likeness (QED) is 0.853. The van der Waals surface area contributed by atoms with Crippen LogP contribution in [0.1, 0.15) is 12.8 Å². The van der Waals surface area contributed by atoms with E-state index in [1.54, 1.807) is 13.2 Å². The van der Waals surface area contributed by atoms with Crippen LogP contribution in [0.15, 0.2) is 24.3 Å². The molecule has 0 aromatic heterocycles. The molecule has 5 heteroatoms. The number of carbonyl (C=O) groups is 1. The second kappa shape index (κ2) is 7.26. The Hall–Kier alpha value is -1.59. The number of rotatable bonds is 5. The molecular weight excluding hydrogens is 256 g/mol. The zero-order valence-corrected chi connectivity index (χ0v) is 11.8. The van der Waals surface area contributed by atoms with E-state index in [2.05, 4.69) is 10.2 Å². The number of anilines is 1. The highest BCUT2D eigenvalue weighted by atomic mass is 16.5. The first-order valence-corrected chi connectivity index (χ1v) is 6.98. The lowest BCUT2D eigenvalue weighted by Crippen LogP contribution is -2.41. The van der Waals surface area contributed by atoms with E-state index in [0.717, 1.165) is 37.4 Å². The minimum Gasteiger partial charge on any atom is -0.497 e. The molecule has 1 unspecified atom stereocenters. The van der Waals surface area contributed by atoms with Crippen molar-refractivity contribution in [3.63, 3.8) is 0 Å². The van der Waals surface area contributed by atoms with Gasteiger partial charge in [0.1, 0.15) is 5.75 Å². The topological polar surface area (TPSA) is 61.8 Å². The van der Waals surface area contributed by atoms with E-state index < -0.39 is 0 Å². The van der Waals surface area contributed by atoms with Crippen LogP contribution in [0.3, 0.4) is 0 Å². The normalized spacial score (nSPS) is 19.6. The van der Waals surface area contributed by atoms with Crippen molar-refractivity contribution in [2.24, 2.45) is 5.92 Å². The molecule has 0 saturated carbocycles. The number of methoxy groups -OCH3 is 1. The fourth-order valence-corrected chi connectivity index (χ4v) is 2.55. The van der Waals surface area contributed by atoms with Crippen LogP contribution in [0.5, 0.6) is 5.75 Å². The molecule has 1 amide bonds. The first kappa shape index (κ1) is 14.8. The van der Waals surface area contributed by atoms with E-state index in [0.29, 0.717) is 12.5 Å². The fourth-order valence-electron chi connectivity index (χ4n) is 2.55. The maximum Gasteiger partial charge on any atom is 0.238 e. The molecule has 0 aliphatic carbocycles. The molecule has 2 rings (SSSR count). The second-order valence-electron chi connectivity index (χ2n) is 5.21. The Bertz CT molecular complexity index is 450. The predicted molar refractivity (Wildman–Crippen MR) is 77.9 cm³/mol. The summed E-state index contributed by atoms with van der Waals surface area (Å²) in [5, 5.41) is 12.1. The number of likely N-dealkylation sites (tertiary alicyclic amines) is 1. The lowest BCUT2D eigenvalue weighted by molar-refractivity contribution is -0.117. The van der Waals surface area contributed by atoms with Gasteiger partial charge in [-0.25, -0.2) is 0 Å². The molecule has 1 atom stereocenters. The van der Waals surface area contributed by atoms with E-state index in [9.17, 15) is 9.90 Å². The van der Waals surface area contributed by atoms with Gasteiger partial charge >= 0.3 is 0 Å². The molecule has 5 nitrogen and oxygen atoms in total. The third-order valence-corrected chi connectivity index (χ3v) is 3.58. The summed E-state index contributed by atoms with van der Waals surface area (Å²) in [6, 6.07) is 7.32. The Kier molecular flexibility index (Phi) is 5.38. The van der Waals surface area contributed by atoms with Crippen LogP contribution in [0, 0.1) is 5.92 Å². The van der Waals surface area contributed by atoms with Crippen LogP contribution < -0.4 is 10.1 Å². The van der Waals surface area contributed by atoms with Crippen molar-refractivity contribution in [2.75, 3.05) is 38.7 Å². The Morgan fingerprint density at radius 1 is 1.55 bits per heavy atom. The van der Waals surface area contributed by atoms with Gasteiger partial charge in [0, 0.05) is 24.9 Å². The van der Waals surface area contributed by atoms with Gasteiger partial charge < -0.3 is 15.2 Å². The standard InChI is InChI=1S/C15H22N2O3/c1-20-14-6-2-5-13(8-14)16-15(19)10-17-7-3-4-12(9-17)11-18/h2,5-6,8,12,18H,3-4,7,9-11H2,1H3,(H,16,19). The zero-order valence-electron chi connectivity index (χ0n) is 11.8. The van der Waals surface area contributed by atoms with Crippen LogP contribution in [0.4, 0.5) is 5.69 Å². The number of hydrogen-bond donors (Lipinski definition) is 2. The second-order valence-corrected chi connectivity index (χ2v) is 5.21. The molecule has 0 spiro atoms. The molecule has 0 bridgehead atoms. The largest absolute Gasteiger partial charge is 0.497 e. The summed E-state index contributed by atoms with van der Waals surface area (Å²) in [5.41, 5.74) is 0.741. The van der Waals surface area contributed by atoms with Gasteiger partial charge in [-0.1, -0.05) is 6.07 Å². The lowest BCUT2D eigenvalue weighted by atomic mass is 9.99. The number of carbonyl (C=O) groups excluding carboxylic acids is 1. The van der Waals surface area contributed by atoms with Crippen LogP contribution in [-0.4, -0.2) is 49.3 Å². The average molecular weight is 278 g/mol. The van der Waals surface area contributed by atoms with Crippen molar-refractivity contribution < 1.29 is 14.6 Å². The summed E-state index contributed by atoms with van der Waals surface area (Å²) < 4.78 is 5.13. The molecule has 1 heterocycles. The molecule has 1 aliphatic rings. The maximum absolute atomic E-state index is 12.0. The van der Waals surface area contributed by atoms with Gasteiger partial charge in [0.05, 0.1) is 13.7 Å². The minimum atomic E-state index is -0.0307. The minimum absolute atomic E-state index is 0.0307. The molecule has 1 fully saturated rings. The number of hydrogen-bond acceptors (Lipinski definition) is 4. The zero-order chi connectivity index (χ0) is 14.4. The summed E-state index contributed by atoms with van der Waals surface area (Å²) in [5.74, 6) is 0.992. The lowest BCUT2D eigenvalue weighted by Gasteiger charge is -2.31. The molecular formula is C15H22N2O3. The van der Waals surface area contributed by atoms with Gasteiger partial charge in [-0.15, -0.1) is 0 Å². The van der Waals surface area contributed by atoms with Gasteiger partial charge in [0.25, 0.3) is 0 Å². The van der Waals surface area contributed by atoms with E-state index in [1.165, 1.54) is 0 Å². The Labute approximate surface area is 119 Å². The van der Waals surface area contributed by atoms with E-state index in [1.807, 2.05) is 18.2 Å². The Morgan fingerprint density at radius 3 is 3.15 bits per heavy atom. The Morgan fingerprint density at radius 2 is 2.40 bits per heavy atom. The van der Waals surface area contributed by atoms with Crippen LogP contribution >= 0.6 is 0 Å². The molecule has 20 heavy (non-hydrogen) atoms. The van der Waals surface area contributed by atoms with E-state index >= 15 is 0 Å². The van der Waals surface area contributed by atoms with Crippen molar-refractivity contribution in [2.45, 2.75) is 12.8 Å². The van der Waals surface area contributed by atoms with Crippen molar-refractivity contribution >= 4 is 11.6 Å². The third-order valence-electron chi connectivity index (χ3n) is 3.58. The molecule has 1 aromatic carbocycles. The molecule has 2 N–H and O–H groups in total. The van der Waals surface area contributed by atoms with Gasteiger partial charge in [0.15, 0.2) is 0 Å². The van der Waals surface area contributed by atoms with Gasteiger partial charge in [-0.05, 0) is 37.4 Å². The summed E-state index contributed by atoms with van der Waals surface area (Å²) in [4.78, 5) is 14.1. The van der Waals surface area contributed by atoms with Crippen LogP contribution in [0.2, 0.25) is 0 Å². The molecule has 1 saturated heterocycles. The van der Waals surface area contributed by atoms with Crippen LogP contribution in [-0.2, 0) is 4.79 Å². The first-order valence-electron chi connectivity index (χ1n) is 6.98. The van der Waals surface area contributed by atoms with Crippen molar-refractivity contribution in [3.05, 3.63) is 24.3 Å². The Balaban J connectivity index is 1.85. The van der Waals surface area contributed by atoms with Crippen LogP contribution in [0.25, 0.3) is 0 Å². The molecule has 110 valence electrons.